The first-order chi connectivity index (χ1) is 12.9. The lowest BCUT2D eigenvalue weighted by molar-refractivity contribution is -0.385. The van der Waals surface area contributed by atoms with Gasteiger partial charge >= 0.3 is 0 Å². The Kier molecular flexibility index (Phi) is 8.09. The van der Waals surface area contributed by atoms with E-state index in [1.165, 1.54) is 13.2 Å². The van der Waals surface area contributed by atoms with Gasteiger partial charge in [0.2, 0.25) is 0 Å². The van der Waals surface area contributed by atoms with Gasteiger partial charge in [-0.2, -0.15) is 0 Å². The molecule has 1 atom stereocenters. The van der Waals surface area contributed by atoms with E-state index in [4.69, 9.17) is 4.74 Å². The van der Waals surface area contributed by atoms with Crippen LogP contribution in [-0.4, -0.2) is 56.6 Å². The highest BCUT2D eigenvalue weighted by molar-refractivity contribution is 8.17. The summed E-state index contributed by atoms with van der Waals surface area (Å²) in [6.45, 7) is 4.77. The van der Waals surface area contributed by atoms with Crippen molar-refractivity contribution in [2.45, 2.75) is 43.7 Å². The van der Waals surface area contributed by atoms with Crippen molar-refractivity contribution in [1.82, 2.24) is 4.90 Å². The van der Waals surface area contributed by atoms with Gasteiger partial charge in [0.15, 0.2) is 11.5 Å². The molecule has 0 aliphatic carbocycles. The van der Waals surface area contributed by atoms with Gasteiger partial charge in [0.25, 0.3) is 11.6 Å². The Morgan fingerprint density at radius 1 is 1.37 bits per heavy atom. The number of benzene rings is 1. The maximum absolute atomic E-state index is 13.3. The summed E-state index contributed by atoms with van der Waals surface area (Å²) >= 11 is 3.63. The van der Waals surface area contributed by atoms with E-state index in [1.54, 1.807) is 4.90 Å². The van der Waals surface area contributed by atoms with Crippen molar-refractivity contribution < 1.29 is 19.6 Å². The van der Waals surface area contributed by atoms with Crippen LogP contribution in [0.5, 0.6) is 11.5 Å². The lowest BCUT2D eigenvalue weighted by Gasteiger charge is -2.39. The fourth-order valence-corrected chi connectivity index (χ4v) is 6.16. The Hall–Kier alpha value is -1.61. The van der Waals surface area contributed by atoms with E-state index in [2.05, 4.69) is 13.8 Å². The molecule has 1 aliphatic heterocycles. The summed E-state index contributed by atoms with van der Waals surface area (Å²) in [6, 6.07) is 2.29. The number of hydrogen-bond donors (Lipinski definition) is 1. The number of nitrogens with zero attached hydrogens (tertiary/aromatic N) is 2. The predicted molar refractivity (Wildman–Crippen MR) is 110 cm³/mol. The minimum absolute atomic E-state index is 0.0283. The van der Waals surface area contributed by atoms with E-state index in [0.717, 1.165) is 36.8 Å². The number of carbonyl (C=O) groups is 1. The lowest BCUT2D eigenvalue weighted by Crippen LogP contribution is -2.48. The summed E-state index contributed by atoms with van der Waals surface area (Å²) < 4.78 is 5.30. The van der Waals surface area contributed by atoms with Crippen LogP contribution >= 0.6 is 23.5 Å². The molecule has 1 aliphatic rings. The Labute approximate surface area is 168 Å². The molecule has 0 bridgehead atoms. The summed E-state index contributed by atoms with van der Waals surface area (Å²) in [5.74, 6) is 1.23. The van der Waals surface area contributed by atoms with Gasteiger partial charge in [-0.3, -0.25) is 14.9 Å². The molecule has 0 saturated carbocycles. The van der Waals surface area contributed by atoms with Crippen LogP contribution in [0.3, 0.4) is 0 Å². The maximum atomic E-state index is 13.3. The average molecular weight is 415 g/mol. The summed E-state index contributed by atoms with van der Waals surface area (Å²) in [5, 5.41) is 21.3. The van der Waals surface area contributed by atoms with Gasteiger partial charge in [-0.05, 0) is 30.8 Å². The molecular formula is C18H26N2O5S2. The monoisotopic (exact) mass is 414 g/mol. The molecule has 27 heavy (non-hydrogen) atoms. The Bertz CT molecular complexity index is 680. The lowest BCUT2D eigenvalue weighted by atomic mass is 10.0. The summed E-state index contributed by atoms with van der Waals surface area (Å²) in [4.78, 5) is 25.9. The quantitative estimate of drug-likeness (QED) is 0.388. The van der Waals surface area contributed by atoms with Crippen LogP contribution in [0.2, 0.25) is 0 Å². The number of thioether (sulfide) groups is 2. The zero-order valence-electron chi connectivity index (χ0n) is 15.8. The molecule has 1 fully saturated rings. The van der Waals surface area contributed by atoms with Gasteiger partial charge in [-0.15, -0.1) is 23.5 Å². The van der Waals surface area contributed by atoms with Gasteiger partial charge in [0.05, 0.1) is 28.7 Å². The zero-order valence-corrected chi connectivity index (χ0v) is 17.5. The highest BCUT2D eigenvalue weighted by Crippen LogP contribution is 2.38. The molecule has 1 amide bonds. The standard InChI is InChI=1S/C18H26N2O5S2/c1-4-26-18(27-5-2)13-8-6-7-9-19(13)17(22)12-10-16(25-3)15(21)11-14(12)20(23)24/h10-11,13,18,21H,4-9H2,1-3H3/t13-/m0/s1. The van der Waals surface area contributed by atoms with Crippen LogP contribution in [-0.2, 0) is 0 Å². The number of methoxy groups -OCH3 is 1. The number of phenols is 1. The molecule has 9 heteroatoms. The molecule has 0 radical (unpaired) electrons. The topological polar surface area (TPSA) is 92.9 Å². The highest BCUT2D eigenvalue weighted by Gasteiger charge is 2.36. The predicted octanol–water partition coefficient (Wildman–Crippen LogP) is 4.14. The summed E-state index contributed by atoms with van der Waals surface area (Å²) in [6.07, 6.45) is 2.81. The van der Waals surface area contributed by atoms with E-state index in [1.807, 2.05) is 23.5 Å². The van der Waals surface area contributed by atoms with Crippen LogP contribution in [0, 0.1) is 10.1 Å². The minimum Gasteiger partial charge on any atom is -0.504 e. The molecule has 150 valence electrons. The fraction of sp³-hybridized carbons (Fsp3) is 0.611. The molecule has 1 aromatic rings. The third-order valence-corrected chi connectivity index (χ3v) is 7.28. The molecular weight excluding hydrogens is 388 g/mol. The zero-order chi connectivity index (χ0) is 20.0. The van der Waals surface area contributed by atoms with Gasteiger partial charge in [0.1, 0.15) is 5.56 Å². The Morgan fingerprint density at radius 3 is 2.59 bits per heavy atom. The van der Waals surface area contributed by atoms with Gasteiger partial charge in [0, 0.05) is 12.6 Å². The first-order valence-corrected chi connectivity index (χ1v) is 11.1. The first kappa shape index (κ1) is 21.7. The third kappa shape index (κ3) is 5.01. The molecule has 0 aromatic heterocycles. The van der Waals surface area contributed by atoms with Crippen molar-refractivity contribution in [3.8, 4) is 11.5 Å². The Balaban J connectivity index is 2.42. The van der Waals surface area contributed by atoms with Crippen LogP contribution in [0.15, 0.2) is 12.1 Å². The van der Waals surface area contributed by atoms with E-state index in [0.29, 0.717) is 6.54 Å². The van der Waals surface area contributed by atoms with Crippen LogP contribution in [0.25, 0.3) is 0 Å². The van der Waals surface area contributed by atoms with Crippen LogP contribution in [0.1, 0.15) is 43.5 Å². The second kappa shape index (κ2) is 10.1. The number of nitro groups is 1. The van der Waals surface area contributed by atoms with Crippen LogP contribution < -0.4 is 4.74 Å². The van der Waals surface area contributed by atoms with Crippen molar-refractivity contribution in [1.29, 1.82) is 0 Å². The first-order valence-electron chi connectivity index (χ1n) is 9.04. The molecule has 0 unspecified atom stereocenters. The summed E-state index contributed by atoms with van der Waals surface area (Å²) in [7, 11) is 1.35. The molecule has 1 N–H and O–H groups in total. The van der Waals surface area contributed by atoms with Crippen LogP contribution in [0.4, 0.5) is 5.69 Å². The number of phenolic OH excluding ortho intramolecular Hbond substituents is 1. The van der Waals surface area contributed by atoms with E-state index in [9.17, 15) is 20.0 Å². The largest absolute Gasteiger partial charge is 0.504 e. The number of aromatic hydroxyl groups is 1. The molecule has 2 rings (SSSR count). The highest BCUT2D eigenvalue weighted by atomic mass is 32.2. The van der Waals surface area contributed by atoms with Crippen molar-refractivity contribution >= 4 is 35.1 Å². The smallest absolute Gasteiger partial charge is 0.286 e. The number of carbonyl (C=O) groups excluding carboxylic acids is 1. The van der Waals surface area contributed by atoms with E-state index < -0.39 is 10.6 Å². The Morgan fingerprint density at radius 2 is 2.04 bits per heavy atom. The van der Waals surface area contributed by atoms with Crippen molar-refractivity contribution in [3.63, 3.8) is 0 Å². The SMILES string of the molecule is CCSC(SCC)[C@@H]1CCCCN1C(=O)c1cc(OC)c(O)cc1[N+](=O)[O-]. The number of piperidine rings is 1. The van der Waals surface area contributed by atoms with E-state index in [-0.39, 0.29) is 33.6 Å². The number of likely N-dealkylation sites (tertiary alicyclic amines) is 1. The summed E-state index contributed by atoms with van der Waals surface area (Å²) in [5.41, 5.74) is -0.436. The molecule has 1 heterocycles. The molecule has 1 aromatic carbocycles. The van der Waals surface area contributed by atoms with E-state index >= 15 is 0 Å². The number of ether oxygens (including phenoxy) is 1. The fourth-order valence-electron chi connectivity index (χ4n) is 3.29. The number of rotatable bonds is 8. The molecule has 0 spiro atoms. The van der Waals surface area contributed by atoms with Gasteiger partial charge in [-0.25, -0.2) is 0 Å². The van der Waals surface area contributed by atoms with Crippen molar-refractivity contribution in [3.05, 3.63) is 27.8 Å². The number of nitro benzene ring substituents is 1. The molecule has 7 nitrogen and oxygen atoms in total. The maximum Gasteiger partial charge on any atom is 0.286 e. The van der Waals surface area contributed by atoms with Crippen molar-refractivity contribution in [2.75, 3.05) is 25.2 Å². The second-order valence-electron chi connectivity index (χ2n) is 6.14. The normalized spacial score (nSPS) is 17.2. The van der Waals surface area contributed by atoms with Gasteiger partial charge < -0.3 is 14.7 Å². The number of hydrogen-bond acceptors (Lipinski definition) is 7. The second-order valence-corrected chi connectivity index (χ2v) is 9.27. The average Bonchev–Trinajstić information content (AvgIpc) is 2.67. The number of amides is 1. The molecule has 1 saturated heterocycles. The van der Waals surface area contributed by atoms with Gasteiger partial charge in [-0.1, -0.05) is 13.8 Å². The third-order valence-electron chi connectivity index (χ3n) is 4.51. The van der Waals surface area contributed by atoms with Crippen molar-refractivity contribution in [2.24, 2.45) is 0 Å². The minimum atomic E-state index is -0.635.